The fourth-order valence-electron chi connectivity index (χ4n) is 4.20. The molecule has 0 unspecified atom stereocenters. The molecule has 40 heavy (non-hydrogen) atoms. The Bertz CT molecular complexity index is 1410. The Morgan fingerprint density at radius 3 is 2.15 bits per heavy atom. The highest BCUT2D eigenvalue weighted by atomic mass is 32.2. The molecule has 15 heteroatoms. The first kappa shape index (κ1) is 29.6. The number of alkyl halides is 3. The normalized spacial score (nSPS) is 23.9. The second-order valence-electron chi connectivity index (χ2n) is 8.73. The molecule has 3 aromatic rings. The van der Waals surface area contributed by atoms with E-state index in [4.69, 9.17) is 23.8 Å². The summed E-state index contributed by atoms with van der Waals surface area (Å²) in [7, 11) is -0.789. The Balaban J connectivity index is 1.41. The fraction of sp³-hybridized carbons (Fsp3) is 0.400. The quantitative estimate of drug-likeness (QED) is 0.275. The molecule has 0 N–H and O–H groups in total. The van der Waals surface area contributed by atoms with Crippen molar-refractivity contribution in [3.05, 3.63) is 60.4 Å². The number of benzene rings is 2. The van der Waals surface area contributed by atoms with Crippen LogP contribution in [0.1, 0.15) is 12.5 Å². The molecule has 5 atom stereocenters. The number of aromatic nitrogens is 3. The molecule has 0 spiro atoms. The SMILES string of the molecule is CO[C@@H]1[C@@H](OC)[C@H](C)O[C@@H](ON=Cc2ccc(-c3ncn(-c4ccc(S(=O)(=O)C(F)(F)F)cc4)n3)cc2)[C@@H]1OC. The molecule has 1 fully saturated rings. The van der Waals surface area contributed by atoms with Gasteiger partial charge in [0, 0.05) is 26.9 Å². The van der Waals surface area contributed by atoms with Gasteiger partial charge in [0.1, 0.15) is 18.5 Å². The summed E-state index contributed by atoms with van der Waals surface area (Å²) in [5, 5.41) is 8.35. The summed E-state index contributed by atoms with van der Waals surface area (Å²) in [4.78, 5) is 8.93. The van der Waals surface area contributed by atoms with Crippen LogP contribution in [0.25, 0.3) is 17.1 Å². The minimum Gasteiger partial charge on any atom is -0.376 e. The Morgan fingerprint density at radius 2 is 1.57 bits per heavy atom. The molecule has 1 aliphatic rings. The summed E-state index contributed by atoms with van der Waals surface area (Å²) in [5.74, 6) is 0.345. The van der Waals surface area contributed by atoms with E-state index in [2.05, 4.69) is 15.2 Å². The fourth-order valence-corrected chi connectivity index (χ4v) is 4.96. The molecule has 1 saturated heterocycles. The molecule has 0 radical (unpaired) electrons. The molecule has 0 amide bonds. The lowest BCUT2D eigenvalue weighted by Gasteiger charge is -2.42. The highest BCUT2D eigenvalue weighted by Gasteiger charge is 2.47. The topological polar surface area (TPSA) is 123 Å². The highest BCUT2D eigenvalue weighted by molar-refractivity contribution is 7.92. The third-order valence-electron chi connectivity index (χ3n) is 6.29. The van der Waals surface area contributed by atoms with Crippen LogP contribution in [0.3, 0.4) is 0 Å². The van der Waals surface area contributed by atoms with Gasteiger partial charge in [-0.05, 0) is 36.8 Å². The van der Waals surface area contributed by atoms with Gasteiger partial charge in [0.05, 0.1) is 22.9 Å². The van der Waals surface area contributed by atoms with E-state index in [0.29, 0.717) is 22.6 Å². The minimum absolute atomic E-state index is 0.320. The first-order valence-corrected chi connectivity index (χ1v) is 13.4. The standard InChI is InChI=1S/C25H27F3N4O7S/c1-15-20(35-2)21(36-3)22(37-4)24(38-15)39-30-13-16-5-7-17(8-6-16)23-29-14-32(31-23)18-9-11-19(12-10-18)40(33,34)25(26,27)28/h5-15,20-22,24H,1-4H3/t15-,20-,21+,22+,24-/m0/s1. The van der Waals surface area contributed by atoms with E-state index < -0.39 is 38.7 Å². The second-order valence-corrected chi connectivity index (χ2v) is 10.7. The van der Waals surface area contributed by atoms with Gasteiger partial charge in [0.2, 0.25) is 0 Å². The summed E-state index contributed by atoms with van der Waals surface area (Å²) in [6, 6.07) is 11.2. The van der Waals surface area contributed by atoms with Gasteiger partial charge in [0.15, 0.2) is 11.9 Å². The van der Waals surface area contributed by atoms with E-state index in [1.165, 1.54) is 36.5 Å². The van der Waals surface area contributed by atoms with Gasteiger partial charge in [-0.1, -0.05) is 29.4 Å². The van der Waals surface area contributed by atoms with Crippen molar-refractivity contribution in [3.63, 3.8) is 0 Å². The van der Waals surface area contributed by atoms with Crippen molar-refractivity contribution >= 4 is 16.1 Å². The molecule has 11 nitrogen and oxygen atoms in total. The van der Waals surface area contributed by atoms with Crippen LogP contribution in [-0.4, -0.2) is 86.9 Å². The van der Waals surface area contributed by atoms with Crippen LogP contribution < -0.4 is 0 Å². The van der Waals surface area contributed by atoms with Crippen LogP contribution in [0.2, 0.25) is 0 Å². The van der Waals surface area contributed by atoms with E-state index in [-0.39, 0.29) is 12.2 Å². The predicted octanol–water partition coefficient (Wildman–Crippen LogP) is 3.37. The first-order chi connectivity index (χ1) is 19.0. The number of nitrogens with zero attached hydrogens (tertiary/aromatic N) is 4. The molecule has 1 aromatic heterocycles. The largest absolute Gasteiger partial charge is 0.501 e. The van der Waals surface area contributed by atoms with Gasteiger partial charge in [-0.3, -0.25) is 0 Å². The lowest BCUT2D eigenvalue weighted by atomic mass is 9.99. The van der Waals surface area contributed by atoms with Gasteiger partial charge in [-0.25, -0.2) is 18.1 Å². The summed E-state index contributed by atoms with van der Waals surface area (Å²) >= 11 is 0. The van der Waals surface area contributed by atoms with Crippen molar-refractivity contribution in [1.29, 1.82) is 0 Å². The Morgan fingerprint density at radius 1 is 0.950 bits per heavy atom. The average Bonchev–Trinajstić information content (AvgIpc) is 3.43. The Kier molecular flexibility index (Phi) is 8.90. The minimum atomic E-state index is -5.43. The van der Waals surface area contributed by atoms with Crippen molar-refractivity contribution in [2.24, 2.45) is 5.16 Å². The summed E-state index contributed by atoms with van der Waals surface area (Å²) in [6.07, 6.45) is 0.394. The van der Waals surface area contributed by atoms with Crippen molar-refractivity contribution < 1.29 is 45.4 Å². The number of ether oxygens (including phenoxy) is 4. The van der Waals surface area contributed by atoms with E-state index in [9.17, 15) is 21.6 Å². The molecule has 2 aromatic carbocycles. The smallest absolute Gasteiger partial charge is 0.376 e. The van der Waals surface area contributed by atoms with E-state index in [1.54, 1.807) is 38.5 Å². The molecular weight excluding hydrogens is 557 g/mol. The second kappa shape index (κ2) is 12.0. The Labute approximate surface area is 228 Å². The maximum atomic E-state index is 12.8. The van der Waals surface area contributed by atoms with Crippen LogP contribution >= 0.6 is 0 Å². The molecule has 0 saturated carbocycles. The third-order valence-corrected chi connectivity index (χ3v) is 7.79. The lowest BCUT2D eigenvalue weighted by Crippen LogP contribution is -2.59. The molecular formula is C25H27F3N4O7S. The molecule has 4 rings (SSSR count). The van der Waals surface area contributed by atoms with Crippen LogP contribution in [0.4, 0.5) is 13.2 Å². The van der Waals surface area contributed by atoms with Crippen molar-refractivity contribution in [2.75, 3.05) is 21.3 Å². The zero-order valence-corrected chi connectivity index (χ0v) is 22.7. The molecule has 0 aliphatic carbocycles. The zero-order valence-electron chi connectivity index (χ0n) is 21.8. The third kappa shape index (κ3) is 6.02. The van der Waals surface area contributed by atoms with Gasteiger partial charge >= 0.3 is 5.51 Å². The van der Waals surface area contributed by atoms with Gasteiger partial charge in [-0.15, -0.1) is 5.10 Å². The van der Waals surface area contributed by atoms with Crippen LogP contribution in [-0.2, 0) is 33.6 Å². The maximum absolute atomic E-state index is 12.8. The van der Waals surface area contributed by atoms with Gasteiger partial charge in [-0.2, -0.15) is 13.2 Å². The summed E-state index contributed by atoms with van der Waals surface area (Å²) in [6.45, 7) is 1.84. The molecule has 0 bridgehead atoms. The monoisotopic (exact) mass is 584 g/mol. The number of oxime groups is 1. The number of hydrogen-bond acceptors (Lipinski definition) is 10. The van der Waals surface area contributed by atoms with Gasteiger partial charge in [0.25, 0.3) is 16.1 Å². The molecule has 1 aliphatic heterocycles. The van der Waals surface area contributed by atoms with Crippen molar-refractivity contribution in [1.82, 2.24) is 14.8 Å². The lowest BCUT2D eigenvalue weighted by molar-refractivity contribution is -0.305. The Hall–Kier alpha value is -3.37. The van der Waals surface area contributed by atoms with Crippen LogP contribution in [0.5, 0.6) is 0 Å². The summed E-state index contributed by atoms with van der Waals surface area (Å²) < 4.78 is 85.1. The van der Waals surface area contributed by atoms with Crippen LogP contribution in [0, 0.1) is 0 Å². The predicted molar refractivity (Wildman–Crippen MR) is 135 cm³/mol. The summed E-state index contributed by atoms with van der Waals surface area (Å²) in [5.41, 5.74) is -3.68. The number of hydrogen-bond donors (Lipinski definition) is 0. The van der Waals surface area contributed by atoms with E-state index in [0.717, 1.165) is 12.1 Å². The average molecular weight is 585 g/mol. The number of rotatable bonds is 9. The van der Waals surface area contributed by atoms with E-state index >= 15 is 0 Å². The molecule has 216 valence electrons. The highest BCUT2D eigenvalue weighted by Crippen LogP contribution is 2.31. The van der Waals surface area contributed by atoms with Crippen molar-refractivity contribution in [2.45, 2.75) is 48.0 Å². The first-order valence-electron chi connectivity index (χ1n) is 11.9. The zero-order chi connectivity index (χ0) is 29.1. The molecule has 2 heterocycles. The number of sulfone groups is 1. The van der Waals surface area contributed by atoms with E-state index in [1.807, 2.05) is 6.92 Å². The number of halogens is 3. The maximum Gasteiger partial charge on any atom is 0.501 e. The number of methoxy groups -OCH3 is 3. The van der Waals surface area contributed by atoms with Gasteiger partial charge < -0.3 is 23.8 Å². The van der Waals surface area contributed by atoms with Crippen molar-refractivity contribution in [3.8, 4) is 17.1 Å². The van der Waals surface area contributed by atoms with Crippen LogP contribution in [0.15, 0.2) is 64.9 Å².